The lowest BCUT2D eigenvalue weighted by Crippen LogP contribution is -2.12. The van der Waals surface area contributed by atoms with Gasteiger partial charge in [0.1, 0.15) is 11.2 Å². The number of anilines is 3. The zero-order valence-electron chi connectivity index (χ0n) is 36.4. The third-order valence-corrected chi connectivity index (χ3v) is 13.2. The predicted octanol–water partition coefficient (Wildman–Crippen LogP) is 17.4. The normalized spacial score (nSPS) is 12.0. The Labute approximate surface area is 388 Å². The molecule has 0 amide bonds. The smallest absolute Gasteiger partial charge is 0.135 e. The molecule has 0 spiro atoms. The van der Waals surface area contributed by atoms with Crippen LogP contribution >= 0.6 is 0 Å². The Hall–Kier alpha value is -9.10. The van der Waals surface area contributed by atoms with Gasteiger partial charge in [0.2, 0.25) is 0 Å². The van der Waals surface area contributed by atoms with Crippen molar-refractivity contribution >= 4 is 72.5 Å². The lowest BCUT2D eigenvalue weighted by Gasteiger charge is -2.29. The second-order valence-electron chi connectivity index (χ2n) is 17.1. The van der Waals surface area contributed by atoms with Crippen LogP contribution in [-0.4, -0.2) is 4.57 Å². The van der Waals surface area contributed by atoms with Gasteiger partial charge < -0.3 is 13.9 Å². The molecular formula is C64H40N2O. The van der Waals surface area contributed by atoms with Gasteiger partial charge in [0.15, 0.2) is 0 Å². The lowest BCUT2D eigenvalue weighted by atomic mass is 9.90. The van der Waals surface area contributed by atoms with Crippen LogP contribution in [0.25, 0.3) is 94.5 Å². The second kappa shape index (κ2) is 15.9. The zero-order valence-corrected chi connectivity index (χ0v) is 36.4. The Morgan fingerprint density at radius 2 is 1.00 bits per heavy atom. The number of rotatable bonds is 8. The second-order valence-corrected chi connectivity index (χ2v) is 17.1. The van der Waals surface area contributed by atoms with Crippen LogP contribution in [0, 0.1) is 0 Å². The fourth-order valence-electron chi connectivity index (χ4n) is 10.1. The largest absolute Gasteiger partial charge is 0.456 e. The summed E-state index contributed by atoms with van der Waals surface area (Å²) in [5.41, 5.74) is 26.4. The summed E-state index contributed by atoms with van der Waals surface area (Å²) in [6.45, 7) is 0. The fraction of sp³-hybridized carbons (Fsp3) is 0. The SMILES string of the molecule is C1=C=C(c2ccc(-c3ccccc3)c(N(c3ccc(-c4cccc(-n5c6ccccc6c6ccccc65)c4)cc3)c3cccc(-c4ccc5oc6ccccc6c5c4)c3)c2)c2ccccc2C=1. The quantitative estimate of drug-likeness (QED) is 0.142. The standard InChI is InChI=1S/C64H40N2O/c1-2-15-45(16-3-1)55-37-33-49(54-27-14-18-44-17-4-5-23-53(44)54)42-62(55)65(51-21-13-20-47(40-51)48-34-38-64-59(41-48)58-26-8-11-30-63(58)67-64)50-35-31-43(32-36-50)46-19-12-22-52(39-46)66-60-28-9-6-24-56(60)57-25-7-10-29-61(57)66/h1-13,15-26,28-42H. The van der Waals surface area contributed by atoms with Crippen LogP contribution in [0.5, 0.6) is 0 Å². The van der Waals surface area contributed by atoms with Gasteiger partial charge in [-0.15, -0.1) is 0 Å². The molecule has 0 unspecified atom stereocenters. The minimum absolute atomic E-state index is 0.884. The number of benzene rings is 10. The molecule has 312 valence electrons. The third kappa shape index (κ3) is 6.62. The van der Waals surface area contributed by atoms with Crippen molar-refractivity contribution in [2.75, 3.05) is 4.90 Å². The molecule has 3 nitrogen and oxygen atoms in total. The molecule has 1 aliphatic rings. The summed E-state index contributed by atoms with van der Waals surface area (Å²) in [6, 6.07) is 85.0. The van der Waals surface area contributed by atoms with Gasteiger partial charge in [-0.3, -0.25) is 0 Å². The molecule has 0 N–H and O–H groups in total. The van der Waals surface area contributed by atoms with E-state index in [9.17, 15) is 0 Å². The molecule has 67 heavy (non-hydrogen) atoms. The first-order valence-electron chi connectivity index (χ1n) is 22.7. The first kappa shape index (κ1) is 38.4. The Morgan fingerprint density at radius 3 is 1.82 bits per heavy atom. The van der Waals surface area contributed by atoms with Crippen molar-refractivity contribution in [1.29, 1.82) is 0 Å². The number of fused-ring (bicyclic) bond motifs is 7. The Morgan fingerprint density at radius 1 is 0.373 bits per heavy atom. The summed E-state index contributed by atoms with van der Waals surface area (Å²) in [5, 5.41) is 4.73. The fourth-order valence-corrected chi connectivity index (χ4v) is 10.1. The average Bonchev–Trinajstić information content (AvgIpc) is 3.95. The Bertz CT molecular complexity index is 3950. The molecule has 3 heteroatoms. The van der Waals surface area contributed by atoms with E-state index in [0.29, 0.717) is 0 Å². The van der Waals surface area contributed by atoms with E-state index in [1.54, 1.807) is 0 Å². The monoisotopic (exact) mass is 852 g/mol. The molecule has 0 aliphatic heterocycles. The first-order valence-corrected chi connectivity index (χ1v) is 22.7. The van der Waals surface area contributed by atoms with E-state index in [1.807, 2.05) is 18.2 Å². The van der Waals surface area contributed by atoms with E-state index in [1.165, 1.54) is 21.8 Å². The molecule has 0 saturated carbocycles. The van der Waals surface area contributed by atoms with Crippen molar-refractivity contribution < 1.29 is 4.42 Å². The summed E-state index contributed by atoms with van der Waals surface area (Å²) >= 11 is 0. The molecular weight excluding hydrogens is 813 g/mol. The highest BCUT2D eigenvalue weighted by Crippen LogP contribution is 2.45. The van der Waals surface area contributed by atoms with Gasteiger partial charge in [0.25, 0.3) is 0 Å². The van der Waals surface area contributed by atoms with Gasteiger partial charge in [-0.1, -0.05) is 175 Å². The van der Waals surface area contributed by atoms with Crippen LogP contribution in [-0.2, 0) is 0 Å². The molecule has 0 fully saturated rings. The lowest BCUT2D eigenvalue weighted by molar-refractivity contribution is 0.669. The number of hydrogen-bond acceptors (Lipinski definition) is 2. The highest BCUT2D eigenvalue weighted by Gasteiger charge is 2.22. The number of nitrogens with zero attached hydrogens (tertiary/aromatic N) is 2. The maximum absolute atomic E-state index is 6.24. The van der Waals surface area contributed by atoms with E-state index >= 15 is 0 Å². The van der Waals surface area contributed by atoms with Crippen molar-refractivity contribution in [1.82, 2.24) is 4.57 Å². The zero-order chi connectivity index (χ0) is 44.3. The van der Waals surface area contributed by atoms with Crippen molar-refractivity contribution in [3.8, 4) is 39.1 Å². The molecule has 2 heterocycles. The van der Waals surface area contributed by atoms with Crippen LogP contribution in [0.1, 0.15) is 16.7 Å². The number of aromatic nitrogens is 1. The van der Waals surface area contributed by atoms with Crippen LogP contribution in [0.4, 0.5) is 17.1 Å². The summed E-state index contributed by atoms with van der Waals surface area (Å²) in [4.78, 5) is 2.41. The highest BCUT2D eigenvalue weighted by molar-refractivity contribution is 6.09. The van der Waals surface area contributed by atoms with E-state index in [0.717, 1.165) is 100 Å². The molecule has 0 radical (unpaired) electrons. The summed E-state index contributed by atoms with van der Waals surface area (Å²) in [6.07, 6.45) is 2.01. The molecule has 10 aromatic carbocycles. The van der Waals surface area contributed by atoms with Crippen LogP contribution in [0.3, 0.4) is 0 Å². The van der Waals surface area contributed by atoms with Gasteiger partial charge in [0, 0.05) is 49.7 Å². The minimum Gasteiger partial charge on any atom is -0.456 e. The van der Waals surface area contributed by atoms with E-state index < -0.39 is 0 Å². The molecule has 0 atom stereocenters. The van der Waals surface area contributed by atoms with Crippen molar-refractivity contribution in [3.63, 3.8) is 0 Å². The molecule has 12 aromatic rings. The molecule has 13 rings (SSSR count). The third-order valence-electron chi connectivity index (χ3n) is 13.2. The van der Waals surface area contributed by atoms with Crippen LogP contribution in [0.2, 0.25) is 0 Å². The van der Waals surface area contributed by atoms with Gasteiger partial charge in [-0.2, -0.15) is 0 Å². The Balaban J connectivity index is 0.978. The minimum atomic E-state index is 0.884. The number of para-hydroxylation sites is 3. The Kier molecular flexibility index (Phi) is 9.08. The maximum Gasteiger partial charge on any atom is 0.135 e. The average molecular weight is 853 g/mol. The van der Waals surface area contributed by atoms with E-state index in [2.05, 4.69) is 245 Å². The molecule has 0 saturated heterocycles. The predicted molar refractivity (Wildman–Crippen MR) is 279 cm³/mol. The summed E-state index contributed by atoms with van der Waals surface area (Å²) in [7, 11) is 0. The van der Waals surface area contributed by atoms with Crippen molar-refractivity contribution in [2.24, 2.45) is 0 Å². The van der Waals surface area contributed by atoms with Crippen molar-refractivity contribution in [2.45, 2.75) is 0 Å². The van der Waals surface area contributed by atoms with E-state index in [-0.39, 0.29) is 0 Å². The van der Waals surface area contributed by atoms with Crippen molar-refractivity contribution in [3.05, 3.63) is 265 Å². The first-order chi connectivity index (χ1) is 33.2. The highest BCUT2D eigenvalue weighted by atomic mass is 16.3. The van der Waals surface area contributed by atoms with Gasteiger partial charge in [0.05, 0.1) is 16.7 Å². The number of hydrogen-bond donors (Lipinski definition) is 0. The van der Waals surface area contributed by atoms with Crippen LogP contribution < -0.4 is 4.90 Å². The maximum atomic E-state index is 6.24. The topological polar surface area (TPSA) is 21.3 Å². The molecule has 0 bridgehead atoms. The van der Waals surface area contributed by atoms with Gasteiger partial charge in [-0.05, 0) is 123 Å². The van der Waals surface area contributed by atoms with Gasteiger partial charge >= 0.3 is 0 Å². The summed E-state index contributed by atoms with van der Waals surface area (Å²) in [5.74, 6) is 0. The van der Waals surface area contributed by atoms with Crippen LogP contribution in [0.15, 0.2) is 252 Å². The molecule has 1 aliphatic carbocycles. The molecule has 2 aromatic heterocycles. The summed E-state index contributed by atoms with van der Waals surface area (Å²) < 4.78 is 8.62. The number of furan rings is 1. The van der Waals surface area contributed by atoms with Gasteiger partial charge in [-0.25, -0.2) is 0 Å². The van der Waals surface area contributed by atoms with E-state index in [4.69, 9.17) is 4.42 Å².